The van der Waals surface area contributed by atoms with E-state index >= 15 is 0 Å². The van der Waals surface area contributed by atoms with Crippen molar-refractivity contribution < 1.29 is 96.5 Å². The molecule has 2 aliphatic carbocycles. The molecule has 0 aromatic heterocycles. The van der Waals surface area contributed by atoms with Gasteiger partial charge in [-0.25, -0.2) is 19.6 Å². The number of aromatic hydroxyl groups is 2. The third-order valence-electron chi connectivity index (χ3n) is 8.16. The van der Waals surface area contributed by atoms with Gasteiger partial charge in [0.05, 0.1) is 62.8 Å². The van der Waals surface area contributed by atoms with Gasteiger partial charge in [0, 0.05) is 29.5 Å². The van der Waals surface area contributed by atoms with Crippen LogP contribution in [-0.2, 0) is 68.1 Å². The minimum atomic E-state index is -5.00. The van der Waals surface area contributed by atoms with Crippen molar-refractivity contribution in [1.82, 2.24) is 0 Å². The molecule has 2 aliphatic rings. The Labute approximate surface area is 307 Å². The van der Waals surface area contributed by atoms with Crippen molar-refractivity contribution in [2.75, 3.05) is 40.1 Å². The standard InChI is InChI=1S/C32H40O20P2/c1-6-45-49-53(41,50-46-7-2)23(54(42,51-47-8-3)52-48-9-4)13-22(35)44-16-21(34)32(40)14-18-24(19(33)15-32)30(38)27-26(29(18)37)28(36)17-11-10-12-20(43-5)25(17)31(27)39/h10-12,19,23,33,37-38,40H,6-9,13-16H2,1-5H3. The number of ketones is 3. The number of methoxy groups -OCH3 is 1. The van der Waals surface area contributed by atoms with Crippen LogP contribution >= 0.6 is 15.2 Å². The van der Waals surface area contributed by atoms with Crippen LogP contribution in [0.15, 0.2) is 18.2 Å². The third-order valence-corrected chi connectivity index (χ3v) is 12.9. The smallest absolute Gasteiger partial charge is 0.400 e. The van der Waals surface area contributed by atoms with E-state index in [1.165, 1.54) is 53.0 Å². The zero-order chi connectivity index (χ0) is 40.0. The minimum absolute atomic E-state index is 0.0207. The maximum atomic E-state index is 13.9. The van der Waals surface area contributed by atoms with Crippen molar-refractivity contribution in [2.45, 2.75) is 64.1 Å². The molecule has 0 spiro atoms. The van der Waals surface area contributed by atoms with Gasteiger partial charge in [-0.1, -0.05) is 12.1 Å². The summed E-state index contributed by atoms with van der Waals surface area (Å²) in [6.07, 6.45) is -4.76. The molecule has 0 fully saturated rings. The van der Waals surface area contributed by atoms with Crippen LogP contribution < -0.4 is 4.74 Å². The zero-order valence-corrected chi connectivity index (χ0v) is 31.5. The van der Waals surface area contributed by atoms with Crippen LogP contribution in [0.5, 0.6) is 17.2 Å². The van der Waals surface area contributed by atoms with Gasteiger partial charge < -0.3 is 29.9 Å². The van der Waals surface area contributed by atoms with Crippen LogP contribution in [0.2, 0.25) is 0 Å². The van der Waals surface area contributed by atoms with Crippen LogP contribution in [0.4, 0.5) is 0 Å². The molecule has 2 aromatic carbocycles. The Morgan fingerprint density at radius 2 is 1.35 bits per heavy atom. The highest BCUT2D eigenvalue weighted by molar-refractivity contribution is 7.72. The second-order valence-corrected chi connectivity index (χ2v) is 16.0. The predicted molar refractivity (Wildman–Crippen MR) is 178 cm³/mol. The quantitative estimate of drug-likeness (QED) is 0.0417. The first kappa shape index (κ1) is 43.1. The molecule has 298 valence electrons. The van der Waals surface area contributed by atoms with Crippen LogP contribution in [0.1, 0.15) is 89.6 Å². The first-order chi connectivity index (χ1) is 25.6. The number of fused-ring (bicyclic) bond motifs is 3. The molecule has 0 amide bonds. The molecule has 2 aromatic rings. The number of carbonyl (C=O) groups excluding carboxylic acids is 4. The fourth-order valence-corrected chi connectivity index (χ4v) is 9.82. The number of aliphatic hydroxyl groups excluding tert-OH is 1. The van der Waals surface area contributed by atoms with Crippen molar-refractivity contribution in [1.29, 1.82) is 0 Å². The first-order valence-corrected chi connectivity index (χ1v) is 19.7. The average molecular weight is 807 g/mol. The number of Topliss-reactive ketones (excluding diaryl/α,β-unsaturated/α-hetero) is 1. The fourth-order valence-electron chi connectivity index (χ4n) is 5.77. The largest absolute Gasteiger partial charge is 0.507 e. The summed E-state index contributed by atoms with van der Waals surface area (Å²) in [5, 5.41) is 42.8. The second-order valence-electron chi connectivity index (χ2n) is 11.6. The van der Waals surface area contributed by atoms with Crippen molar-refractivity contribution in [3.63, 3.8) is 0 Å². The molecule has 0 heterocycles. The summed E-state index contributed by atoms with van der Waals surface area (Å²) in [5.74, 6) is -6.14. The maximum absolute atomic E-state index is 13.9. The van der Waals surface area contributed by atoms with Gasteiger partial charge in [0.25, 0.3) is 0 Å². The Morgan fingerprint density at radius 1 is 0.833 bits per heavy atom. The number of hydrogen-bond acceptors (Lipinski definition) is 20. The molecule has 54 heavy (non-hydrogen) atoms. The summed E-state index contributed by atoms with van der Waals surface area (Å²) in [4.78, 5) is 72.8. The molecule has 0 aliphatic heterocycles. The van der Waals surface area contributed by atoms with E-state index in [0.717, 1.165) is 0 Å². The van der Waals surface area contributed by atoms with Gasteiger partial charge in [-0.15, -0.1) is 18.7 Å². The number of hydrogen-bond donors (Lipinski definition) is 4. The highest BCUT2D eigenvalue weighted by Crippen LogP contribution is 2.72. The van der Waals surface area contributed by atoms with Crippen molar-refractivity contribution in [2.24, 2.45) is 0 Å². The molecular weight excluding hydrogens is 766 g/mol. The van der Waals surface area contributed by atoms with E-state index in [4.69, 9.17) is 47.7 Å². The highest BCUT2D eigenvalue weighted by atomic mass is 31.2. The molecule has 4 N–H and O–H groups in total. The average Bonchev–Trinajstić information content (AvgIpc) is 3.15. The Balaban J connectivity index is 1.62. The third kappa shape index (κ3) is 8.45. The minimum Gasteiger partial charge on any atom is -0.507 e. The SMILES string of the molecule is CCOOP(=O)(OOCC)C(CC(=O)OCC(=O)C1(O)Cc2c(O)c3c(c(O)c2C(O)C1)C(=O)c1c(OC)cccc1C3=O)P(=O)(OOCC)OOCC. The van der Waals surface area contributed by atoms with Gasteiger partial charge in [-0.3, -0.25) is 28.3 Å². The van der Waals surface area contributed by atoms with Gasteiger partial charge in [-0.05, 0) is 33.8 Å². The van der Waals surface area contributed by atoms with Crippen LogP contribution in [0.25, 0.3) is 0 Å². The second kappa shape index (κ2) is 17.9. The van der Waals surface area contributed by atoms with Crippen LogP contribution in [0, 0.1) is 0 Å². The molecule has 2 unspecified atom stereocenters. The summed E-state index contributed by atoms with van der Waals surface area (Å²) < 4.78 is 57.4. The lowest BCUT2D eigenvalue weighted by molar-refractivity contribution is -0.272. The Morgan fingerprint density at radius 3 is 1.85 bits per heavy atom. The Bertz CT molecular complexity index is 1800. The molecular formula is C32H40O20P2. The van der Waals surface area contributed by atoms with E-state index in [2.05, 4.69) is 0 Å². The van der Waals surface area contributed by atoms with E-state index in [-0.39, 0.29) is 43.3 Å². The molecule has 22 heteroatoms. The molecule has 0 radical (unpaired) electrons. The molecule has 2 atom stereocenters. The van der Waals surface area contributed by atoms with E-state index in [1.807, 2.05) is 0 Å². The van der Waals surface area contributed by atoms with Crippen molar-refractivity contribution >= 4 is 38.5 Å². The van der Waals surface area contributed by atoms with Crippen molar-refractivity contribution in [3.8, 4) is 17.2 Å². The molecule has 0 saturated heterocycles. The van der Waals surface area contributed by atoms with E-state index < -0.39 is 115 Å². The summed E-state index contributed by atoms with van der Waals surface area (Å²) >= 11 is 0. The Kier molecular flexibility index (Phi) is 14.3. The van der Waals surface area contributed by atoms with Gasteiger partial charge in [0.1, 0.15) is 22.8 Å². The highest BCUT2D eigenvalue weighted by Gasteiger charge is 2.57. The number of esters is 1. The van der Waals surface area contributed by atoms with Gasteiger partial charge in [0.15, 0.2) is 17.8 Å². The van der Waals surface area contributed by atoms with Gasteiger partial charge in [-0.2, -0.15) is 0 Å². The number of benzene rings is 2. The lowest BCUT2D eigenvalue weighted by atomic mass is 9.72. The number of aliphatic hydroxyl groups is 2. The lowest BCUT2D eigenvalue weighted by Crippen LogP contribution is -2.47. The summed E-state index contributed by atoms with van der Waals surface area (Å²) in [6, 6.07) is 4.16. The normalized spacial score (nSPS) is 18.3. The van der Waals surface area contributed by atoms with Crippen LogP contribution in [-0.4, -0.2) is 94.9 Å². The zero-order valence-electron chi connectivity index (χ0n) is 29.8. The number of rotatable bonds is 20. The number of phenols is 2. The van der Waals surface area contributed by atoms with Gasteiger partial charge >= 0.3 is 21.2 Å². The maximum Gasteiger partial charge on any atom is 0.400 e. The number of phenolic OH excluding ortho intramolecular Hbond substituents is 2. The van der Waals surface area contributed by atoms with E-state index in [9.17, 15) is 48.7 Å². The van der Waals surface area contributed by atoms with Gasteiger partial charge in [0.2, 0.25) is 11.6 Å². The fraction of sp³-hybridized carbons (Fsp3) is 0.500. The van der Waals surface area contributed by atoms with E-state index in [0.29, 0.717) is 0 Å². The lowest BCUT2D eigenvalue weighted by Gasteiger charge is -2.37. The van der Waals surface area contributed by atoms with E-state index in [1.54, 1.807) is 0 Å². The molecule has 4 rings (SSSR count). The van der Waals surface area contributed by atoms with Crippen LogP contribution in [0.3, 0.4) is 0 Å². The molecule has 0 bridgehead atoms. The van der Waals surface area contributed by atoms with Crippen molar-refractivity contribution in [3.05, 3.63) is 51.6 Å². The molecule has 20 nitrogen and oxygen atoms in total. The molecule has 0 saturated carbocycles. The summed E-state index contributed by atoms with van der Waals surface area (Å²) in [6.45, 7) is 3.63. The number of carbonyl (C=O) groups is 4. The number of ether oxygens (including phenoxy) is 2. The predicted octanol–water partition coefficient (Wildman–Crippen LogP) is 3.68. The summed E-state index contributed by atoms with van der Waals surface area (Å²) in [7, 11) is -8.73. The monoisotopic (exact) mass is 806 g/mol. The summed E-state index contributed by atoms with van der Waals surface area (Å²) in [5.41, 5.74) is -5.00. The Hall–Kier alpha value is -3.62. The first-order valence-electron chi connectivity index (χ1n) is 16.5. The topological polar surface area (TPSA) is 276 Å².